The minimum Gasteiger partial charge on any atom is -0.438 e. The van der Waals surface area contributed by atoms with Crippen LogP contribution in [0, 0.1) is 5.82 Å². The van der Waals surface area contributed by atoms with Gasteiger partial charge >= 0.3 is 0 Å². The zero-order chi connectivity index (χ0) is 20.2. The molecule has 4 aromatic rings. The number of aliphatic hydroxyl groups excluding tert-OH is 1. The summed E-state index contributed by atoms with van der Waals surface area (Å²) in [5.74, 6) is 0.689. The molecule has 0 fully saturated rings. The first-order valence-corrected chi connectivity index (χ1v) is 9.07. The summed E-state index contributed by atoms with van der Waals surface area (Å²) in [4.78, 5) is 23.5. The monoisotopic (exact) mass is 391 g/mol. The Morgan fingerprint density at radius 1 is 1.00 bits per heavy atom. The Labute approximate surface area is 166 Å². The molecule has 0 aliphatic heterocycles. The number of carbonyl (C=O) groups is 1. The Hall–Kier alpha value is -3.58. The molecule has 0 saturated heterocycles. The number of aliphatic hydroxyl groups is 1. The van der Waals surface area contributed by atoms with Crippen LogP contribution in [-0.2, 0) is 24.2 Å². The van der Waals surface area contributed by atoms with Crippen LogP contribution in [0.2, 0.25) is 0 Å². The molecule has 2 aromatic carbocycles. The lowest BCUT2D eigenvalue weighted by Gasteiger charge is -2.07. The molecule has 6 nitrogen and oxygen atoms in total. The first kappa shape index (κ1) is 18.8. The van der Waals surface area contributed by atoms with Crippen molar-refractivity contribution in [2.45, 2.75) is 19.4 Å². The van der Waals surface area contributed by atoms with Gasteiger partial charge in [-0.1, -0.05) is 24.3 Å². The van der Waals surface area contributed by atoms with Crippen LogP contribution in [0.25, 0.3) is 11.0 Å². The molecule has 0 aliphatic carbocycles. The Morgan fingerprint density at radius 2 is 1.66 bits per heavy atom. The van der Waals surface area contributed by atoms with Gasteiger partial charge in [0, 0.05) is 18.5 Å². The molecule has 2 heterocycles. The lowest BCUT2D eigenvalue weighted by Crippen LogP contribution is -2.06. The number of aromatic amines is 1. The largest absolute Gasteiger partial charge is 0.438 e. The number of carbonyl (C=O) groups excluding carboxylic acids is 1. The highest BCUT2D eigenvalue weighted by atomic mass is 19.1. The summed E-state index contributed by atoms with van der Waals surface area (Å²) in [7, 11) is 0. The number of Topliss-reactive ketones (excluding diaryl/α,β-unsaturated/α-hetero) is 1. The summed E-state index contributed by atoms with van der Waals surface area (Å²) in [6, 6.07) is 14.9. The van der Waals surface area contributed by atoms with Gasteiger partial charge in [0.25, 0.3) is 0 Å². The lowest BCUT2D eigenvalue weighted by molar-refractivity contribution is -0.117. The molecule has 29 heavy (non-hydrogen) atoms. The second-order valence-electron chi connectivity index (χ2n) is 6.66. The van der Waals surface area contributed by atoms with Crippen molar-refractivity contribution in [3.05, 3.63) is 83.6 Å². The van der Waals surface area contributed by atoms with Crippen LogP contribution < -0.4 is 4.74 Å². The van der Waals surface area contributed by atoms with Gasteiger partial charge in [-0.15, -0.1) is 0 Å². The van der Waals surface area contributed by atoms with Gasteiger partial charge in [-0.25, -0.2) is 14.4 Å². The van der Waals surface area contributed by atoms with E-state index in [1.807, 2.05) is 12.1 Å². The standard InChI is InChI=1S/C22H18FN3O3/c23-16-5-1-14(2-6-16)9-18(28)10-15-3-7-19(8-4-15)29-22-20-11-17(12-27)26-21(20)24-13-25-22/h1-8,11,13,27H,9-10,12H2,(H,24,25,26). The SMILES string of the molecule is O=C(Cc1ccc(F)cc1)Cc1ccc(Oc2ncnc3[nH]c(CO)cc23)cc1. The third kappa shape index (κ3) is 4.47. The summed E-state index contributed by atoms with van der Waals surface area (Å²) in [5, 5.41) is 9.94. The predicted octanol–water partition coefficient (Wildman–Crippen LogP) is 3.74. The number of rotatable bonds is 7. The lowest BCUT2D eigenvalue weighted by atomic mass is 10.0. The van der Waals surface area contributed by atoms with Gasteiger partial charge in [-0.3, -0.25) is 4.79 Å². The van der Waals surface area contributed by atoms with E-state index in [9.17, 15) is 14.3 Å². The van der Waals surface area contributed by atoms with Gasteiger partial charge in [0.05, 0.1) is 12.0 Å². The molecule has 0 spiro atoms. The second-order valence-corrected chi connectivity index (χ2v) is 6.66. The van der Waals surface area contributed by atoms with Crippen molar-refractivity contribution in [3.8, 4) is 11.6 Å². The van der Waals surface area contributed by atoms with Crippen LogP contribution in [0.1, 0.15) is 16.8 Å². The number of hydrogen-bond donors (Lipinski definition) is 2. The minimum atomic E-state index is -0.315. The summed E-state index contributed by atoms with van der Waals surface area (Å²) < 4.78 is 18.8. The third-order valence-corrected chi connectivity index (χ3v) is 4.47. The fourth-order valence-corrected chi connectivity index (χ4v) is 3.05. The number of benzene rings is 2. The summed E-state index contributed by atoms with van der Waals surface area (Å²) in [5.41, 5.74) is 2.86. The number of nitrogens with zero attached hydrogens (tertiary/aromatic N) is 2. The van der Waals surface area contributed by atoms with Gasteiger partial charge in [-0.2, -0.15) is 0 Å². The summed E-state index contributed by atoms with van der Waals surface area (Å²) in [6.45, 7) is -0.129. The molecule has 0 amide bonds. The number of hydrogen-bond acceptors (Lipinski definition) is 5. The molecule has 0 atom stereocenters. The summed E-state index contributed by atoms with van der Waals surface area (Å²) in [6.07, 6.45) is 1.93. The quantitative estimate of drug-likeness (QED) is 0.501. The molecule has 7 heteroatoms. The molecular formula is C22H18FN3O3. The van der Waals surface area contributed by atoms with E-state index in [4.69, 9.17) is 4.74 Å². The van der Waals surface area contributed by atoms with E-state index in [0.717, 1.165) is 11.1 Å². The highest BCUT2D eigenvalue weighted by Crippen LogP contribution is 2.27. The molecule has 0 saturated carbocycles. The van der Waals surface area contributed by atoms with Crippen molar-refractivity contribution >= 4 is 16.8 Å². The van der Waals surface area contributed by atoms with Crippen molar-refractivity contribution < 1.29 is 19.0 Å². The Kier molecular flexibility index (Phi) is 5.31. The van der Waals surface area contributed by atoms with Crippen LogP contribution in [0.15, 0.2) is 60.9 Å². The van der Waals surface area contributed by atoms with Crippen LogP contribution in [0.4, 0.5) is 4.39 Å². The highest BCUT2D eigenvalue weighted by molar-refractivity contribution is 5.83. The van der Waals surface area contributed by atoms with Gasteiger partial charge in [-0.05, 0) is 41.5 Å². The van der Waals surface area contributed by atoms with Crippen molar-refractivity contribution in [1.29, 1.82) is 0 Å². The molecule has 0 bridgehead atoms. The molecule has 2 N–H and O–H groups in total. The number of nitrogens with one attached hydrogen (secondary N) is 1. The first-order valence-electron chi connectivity index (χ1n) is 9.07. The average molecular weight is 391 g/mol. The fourth-order valence-electron chi connectivity index (χ4n) is 3.05. The minimum absolute atomic E-state index is 0.0478. The summed E-state index contributed by atoms with van der Waals surface area (Å²) >= 11 is 0. The Balaban J connectivity index is 1.42. The predicted molar refractivity (Wildman–Crippen MR) is 105 cm³/mol. The third-order valence-electron chi connectivity index (χ3n) is 4.47. The van der Waals surface area contributed by atoms with E-state index in [1.165, 1.54) is 18.5 Å². The van der Waals surface area contributed by atoms with Gasteiger partial charge < -0.3 is 14.8 Å². The normalized spacial score (nSPS) is 11.0. The maximum atomic E-state index is 13.0. The zero-order valence-corrected chi connectivity index (χ0v) is 15.4. The van der Waals surface area contributed by atoms with E-state index < -0.39 is 0 Å². The topological polar surface area (TPSA) is 88.1 Å². The molecule has 0 aliphatic rings. The number of H-pyrrole nitrogens is 1. The van der Waals surface area contributed by atoms with Crippen LogP contribution >= 0.6 is 0 Å². The molecule has 0 unspecified atom stereocenters. The smallest absolute Gasteiger partial charge is 0.231 e. The molecule has 2 aromatic heterocycles. The maximum absolute atomic E-state index is 13.0. The van der Waals surface area contributed by atoms with Gasteiger partial charge in [0.15, 0.2) is 0 Å². The van der Waals surface area contributed by atoms with Gasteiger partial charge in [0.1, 0.15) is 29.3 Å². The fraction of sp³-hybridized carbons (Fsp3) is 0.136. The number of halogens is 1. The van der Waals surface area contributed by atoms with Crippen LogP contribution in [-0.4, -0.2) is 25.8 Å². The van der Waals surface area contributed by atoms with Crippen molar-refractivity contribution in [3.63, 3.8) is 0 Å². The number of aromatic nitrogens is 3. The van der Waals surface area contributed by atoms with Crippen LogP contribution in [0.3, 0.4) is 0 Å². The van der Waals surface area contributed by atoms with E-state index in [1.54, 1.807) is 30.3 Å². The molecule has 146 valence electrons. The maximum Gasteiger partial charge on any atom is 0.231 e. The zero-order valence-electron chi connectivity index (χ0n) is 15.4. The van der Waals surface area contributed by atoms with Crippen molar-refractivity contribution in [1.82, 2.24) is 15.0 Å². The second kappa shape index (κ2) is 8.20. The Bertz CT molecular complexity index is 1140. The van der Waals surface area contributed by atoms with E-state index in [0.29, 0.717) is 28.4 Å². The van der Waals surface area contributed by atoms with Crippen molar-refractivity contribution in [2.24, 2.45) is 0 Å². The van der Waals surface area contributed by atoms with E-state index >= 15 is 0 Å². The number of ether oxygens (including phenoxy) is 1. The average Bonchev–Trinajstić information content (AvgIpc) is 3.16. The Morgan fingerprint density at radius 3 is 2.31 bits per heavy atom. The highest BCUT2D eigenvalue weighted by Gasteiger charge is 2.10. The molecule has 4 rings (SSSR count). The molecular weight excluding hydrogens is 373 g/mol. The van der Waals surface area contributed by atoms with Crippen LogP contribution in [0.5, 0.6) is 11.6 Å². The first-order chi connectivity index (χ1) is 14.1. The number of ketones is 1. The van der Waals surface area contributed by atoms with Gasteiger partial charge in [0.2, 0.25) is 5.88 Å². The number of fused-ring (bicyclic) bond motifs is 1. The van der Waals surface area contributed by atoms with E-state index in [2.05, 4.69) is 15.0 Å². The molecule has 0 radical (unpaired) electrons. The van der Waals surface area contributed by atoms with E-state index in [-0.39, 0.29) is 31.0 Å². The van der Waals surface area contributed by atoms with Crippen molar-refractivity contribution in [2.75, 3.05) is 0 Å².